The molecule has 1 saturated carbocycles. The van der Waals surface area contributed by atoms with E-state index in [9.17, 15) is 13.2 Å². The Balaban J connectivity index is 0.00000152. The van der Waals surface area contributed by atoms with Crippen LogP contribution < -0.4 is 5.73 Å². The predicted octanol–water partition coefficient (Wildman–Crippen LogP) is 5.69. The van der Waals surface area contributed by atoms with E-state index < -0.39 is 17.8 Å². The highest BCUT2D eigenvalue weighted by molar-refractivity contribution is 5.85. The number of alkyl halides is 3. The number of halogens is 5. The lowest BCUT2D eigenvalue weighted by atomic mass is 10.0. The molecule has 192 valence electrons. The molecule has 4 heterocycles. The molecule has 0 amide bonds. The van der Waals surface area contributed by atoms with Crippen molar-refractivity contribution in [3.63, 3.8) is 0 Å². The van der Waals surface area contributed by atoms with E-state index in [0.717, 1.165) is 10.9 Å². The fourth-order valence-electron chi connectivity index (χ4n) is 5.02. The molecule has 2 N–H and O–H groups in total. The number of fused-ring (bicyclic) bond motifs is 2. The maximum absolute atomic E-state index is 14.2. The zero-order chi connectivity index (χ0) is 23.7. The summed E-state index contributed by atoms with van der Waals surface area (Å²) in [5.41, 5.74) is 8.80. The van der Waals surface area contributed by atoms with E-state index in [1.54, 1.807) is 17.4 Å². The van der Waals surface area contributed by atoms with E-state index in [0.29, 0.717) is 36.0 Å². The van der Waals surface area contributed by atoms with E-state index >= 15 is 0 Å². The summed E-state index contributed by atoms with van der Waals surface area (Å²) in [4.78, 5) is 6.20. The minimum atomic E-state index is -4.44. The van der Waals surface area contributed by atoms with Crippen LogP contribution in [-0.4, -0.2) is 49.3 Å². The standard InChI is InChI=1S/C25H25F3N6.2ClH/c1-24(29)10-11-33(14-24)22(25(26,27)28)18-7-9-21-31-32-23(34(21)13-18)19-8-6-16-4-5-17(15-2-3-15)12-20(16)30-19;;/h4-9,12-13,15,22H,2-3,10-11,14,29H2,1H3;2*1H/t22-,24-;;/m0../s1. The topological polar surface area (TPSA) is 72.3 Å². The Morgan fingerprint density at radius 2 is 1.81 bits per heavy atom. The number of nitrogens with zero attached hydrogens (tertiary/aromatic N) is 5. The lowest BCUT2D eigenvalue weighted by Gasteiger charge is -2.31. The summed E-state index contributed by atoms with van der Waals surface area (Å²) in [6, 6.07) is 11.4. The second kappa shape index (κ2) is 9.45. The van der Waals surface area contributed by atoms with Crippen molar-refractivity contribution < 1.29 is 13.2 Å². The van der Waals surface area contributed by atoms with Gasteiger partial charge >= 0.3 is 6.18 Å². The van der Waals surface area contributed by atoms with Gasteiger partial charge in [-0.05, 0) is 61.4 Å². The molecule has 1 aliphatic carbocycles. The van der Waals surface area contributed by atoms with Crippen LogP contribution in [0.1, 0.15) is 49.3 Å². The molecular formula is C25H27Cl2F3N6. The normalized spacial score (nSPS) is 21.4. The van der Waals surface area contributed by atoms with Gasteiger partial charge in [-0.3, -0.25) is 9.30 Å². The van der Waals surface area contributed by atoms with Crippen molar-refractivity contribution in [2.75, 3.05) is 13.1 Å². The Labute approximate surface area is 218 Å². The highest BCUT2D eigenvalue weighted by Crippen LogP contribution is 2.42. The Morgan fingerprint density at radius 1 is 1.06 bits per heavy atom. The van der Waals surface area contributed by atoms with E-state index in [1.807, 2.05) is 12.1 Å². The molecule has 6 nitrogen and oxygen atoms in total. The van der Waals surface area contributed by atoms with E-state index in [-0.39, 0.29) is 36.9 Å². The van der Waals surface area contributed by atoms with Gasteiger partial charge in [0.2, 0.25) is 0 Å². The second-order valence-corrected chi connectivity index (χ2v) is 9.96. The van der Waals surface area contributed by atoms with E-state index in [2.05, 4.69) is 28.4 Å². The molecule has 1 saturated heterocycles. The zero-order valence-electron chi connectivity index (χ0n) is 19.6. The molecule has 36 heavy (non-hydrogen) atoms. The number of likely N-dealkylation sites (tertiary alicyclic amines) is 1. The zero-order valence-corrected chi connectivity index (χ0v) is 21.2. The van der Waals surface area contributed by atoms with Crippen LogP contribution in [0, 0.1) is 0 Å². The van der Waals surface area contributed by atoms with E-state index in [1.165, 1.54) is 35.6 Å². The first-order chi connectivity index (χ1) is 16.2. The molecule has 11 heteroatoms. The van der Waals surface area contributed by atoms with Crippen molar-refractivity contribution in [2.45, 2.75) is 49.9 Å². The van der Waals surface area contributed by atoms with Crippen LogP contribution in [-0.2, 0) is 0 Å². The van der Waals surface area contributed by atoms with Crippen LogP contribution in [0.2, 0.25) is 0 Å². The fourth-order valence-corrected chi connectivity index (χ4v) is 5.02. The number of benzene rings is 1. The highest BCUT2D eigenvalue weighted by atomic mass is 35.5. The summed E-state index contributed by atoms with van der Waals surface area (Å²) in [7, 11) is 0. The van der Waals surface area contributed by atoms with Gasteiger partial charge in [0, 0.05) is 30.2 Å². The molecule has 1 aromatic carbocycles. The molecule has 2 fully saturated rings. The molecular weight excluding hydrogens is 512 g/mol. The van der Waals surface area contributed by atoms with Crippen LogP contribution in [0.15, 0.2) is 48.7 Å². The largest absolute Gasteiger partial charge is 0.408 e. The van der Waals surface area contributed by atoms with Crippen LogP contribution >= 0.6 is 24.8 Å². The molecule has 0 unspecified atom stereocenters. The third kappa shape index (κ3) is 4.89. The van der Waals surface area contributed by atoms with Gasteiger partial charge in [0.25, 0.3) is 0 Å². The number of aromatic nitrogens is 4. The van der Waals surface area contributed by atoms with Gasteiger partial charge in [-0.1, -0.05) is 24.3 Å². The fraction of sp³-hybridized carbons (Fsp3) is 0.400. The molecule has 0 spiro atoms. The SMILES string of the molecule is C[C@]1(N)CCN([C@@H](c2ccc3nnc(-c4ccc5ccc(C6CC6)cc5n4)n3c2)C(F)(F)F)C1.Cl.Cl. The first-order valence-electron chi connectivity index (χ1n) is 11.5. The Bertz CT molecular complexity index is 1400. The number of pyridine rings is 2. The van der Waals surface area contributed by atoms with Gasteiger partial charge < -0.3 is 5.73 Å². The average Bonchev–Trinajstić information content (AvgIpc) is 3.46. The molecule has 3 aromatic heterocycles. The minimum Gasteiger partial charge on any atom is -0.324 e. The molecule has 1 aliphatic heterocycles. The smallest absolute Gasteiger partial charge is 0.324 e. The monoisotopic (exact) mass is 538 g/mol. The summed E-state index contributed by atoms with van der Waals surface area (Å²) in [5, 5.41) is 9.45. The van der Waals surface area contributed by atoms with Crippen molar-refractivity contribution >= 4 is 41.4 Å². The molecule has 0 radical (unpaired) electrons. The number of nitrogens with two attached hydrogens (primary N) is 1. The van der Waals surface area contributed by atoms with Gasteiger partial charge in [0.15, 0.2) is 11.5 Å². The minimum absolute atomic E-state index is 0. The molecule has 4 aromatic rings. The van der Waals surface area contributed by atoms with Gasteiger partial charge in [0.05, 0.1) is 5.52 Å². The van der Waals surface area contributed by atoms with Crippen molar-refractivity contribution in [3.8, 4) is 11.5 Å². The predicted molar refractivity (Wildman–Crippen MR) is 138 cm³/mol. The van der Waals surface area contributed by atoms with Gasteiger partial charge in [-0.25, -0.2) is 4.98 Å². The van der Waals surface area contributed by atoms with Gasteiger partial charge in [-0.15, -0.1) is 35.0 Å². The third-order valence-corrected chi connectivity index (χ3v) is 6.94. The molecule has 2 aliphatic rings. The van der Waals surface area contributed by atoms with Crippen molar-refractivity contribution in [3.05, 3.63) is 59.8 Å². The first-order valence-corrected chi connectivity index (χ1v) is 11.5. The lowest BCUT2D eigenvalue weighted by molar-refractivity contribution is -0.184. The highest BCUT2D eigenvalue weighted by Gasteiger charge is 2.48. The lowest BCUT2D eigenvalue weighted by Crippen LogP contribution is -2.43. The maximum Gasteiger partial charge on any atom is 0.408 e. The van der Waals surface area contributed by atoms with Crippen molar-refractivity contribution in [2.24, 2.45) is 5.73 Å². The maximum atomic E-state index is 14.2. The van der Waals surface area contributed by atoms with Crippen LogP contribution in [0.25, 0.3) is 28.1 Å². The van der Waals surface area contributed by atoms with Gasteiger partial charge in [0.1, 0.15) is 11.7 Å². The Morgan fingerprint density at radius 3 is 2.47 bits per heavy atom. The summed E-state index contributed by atoms with van der Waals surface area (Å²) >= 11 is 0. The first kappa shape index (κ1) is 26.6. The average molecular weight is 539 g/mol. The van der Waals surface area contributed by atoms with Crippen LogP contribution in [0.4, 0.5) is 13.2 Å². The number of rotatable bonds is 4. The van der Waals surface area contributed by atoms with Crippen molar-refractivity contribution in [1.82, 2.24) is 24.5 Å². The summed E-state index contributed by atoms with van der Waals surface area (Å²) in [6.07, 6.45) is -0.0410. The summed E-state index contributed by atoms with van der Waals surface area (Å²) in [5.74, 6) is 1.02. The summed E-state index contributed by atoms with van der Waals surface area (Å²) in [6.45, 7) is 2.27. The second-order valence-electron chi connectivity index (χ2n) is 9.96. The molecule has 6 rings (SSSR count). The third-order valence-electron chi connectivity index (χ3n) is 6.94. The number of hydrogen-bond donors (Lipinski definition) is 1. The quantitative estimate of drug-likeness (QED) is 0.361. The van der Waals surface area contributed by atoms with E-state index in [4.69, 9.17) is 10.7 Å². The van der Waals surface area contributed by atoms with Gasteiger partial charge in [-0.2, -0.15) is 13.2 Å². The number of hydrogen-bond acceptors (Lipinski definition) is 5. The Kier molecular flexibility index (Phi) is 6.98. The summed E-state index contributed by atoms with van der Waals surface area (Å²) < 4.78 is 44.2. The molecule has 0 bridgehead atoms. The molecule has 2 atom stereocenters. The van der Waals surface area contributed by atoms with Crippen molar-refractivity contribution in [1.29, 1.82) is 0 Å². The Hall–Kier alpha value is -2.46. The van der Waals surface area contributed by atoms with Crippen LogP contribution in [0.5, 0.6) is 0 Å². The van der Waals surface area contributed by atoms with Crippen LogP contribution in [0.3, 0.4) is 0 Å².